The maximum Gasteiger partial charge on any atom is 0.239 e. The third-order valence-electron chi connectivity index (χ3n) is 2.64. The number of nitrogens with one attached hydrogen (secondary N) is 1. The van der Waals surface area contributed by atoms with E-state index in [9.17, 15) is 9.90 Å². The molecule has 0 unspecified atom stereocenters. The molecule has 1 rings (SSSR count). The molecule has 0 atom stereocenters. The Hall–Kier alpha value is -1.11. The summed E-state index contributed by atoms with van der Waals surface area (Å²) in [5, 5.41) is 12.1. The number of nitrogens with zero attached hydrogens (tertiary/aromatic N) is 1. The average Bonchev–Trinajstić information content (AvgIpc) is 2.39. The number of carbonyl (C=O) groups is 1. The van der Waals surface area contributed by atoms with Gasteiger partial charge in [-0.3, -0.25) is 4.79 Å². The molecule has 0 aliphatic rings. The van der Waals surface area contributed by atoms with E-state index in [1.54, 1.807) is 12.0 Å². The minimum Gasteiger partial charge on any atom is -0.392 e. The van der Waals surface area contributed by atoms with Gasteiger partial charge in [0.15, 0.2) is 0 Å². The number of hydrogen-bond donors (Lipinski definition) is 2. The molecule has 2 N–H and O–H groups in total. The third kappa shape index (κ3) is 5.18. The highest BCUT2D eigenvalue weighted by atomic mass is 79.9. The molecule has 5 nitrogen and oxygen atoms in total. The fourth-order valence-electron chi connectivity index (χ4n) is 1.68. The molecule has 0 saturated carbocycles. The zero-order chi connectivity index (χ0) is 14.3. The summed E-state index contributed by atoms with van der Waals surface area (Å²) in [5.41, 5.74) is 1.62. The second kappa shape index (κ2) is 8.14. The predicted molar refractivity (Wildman–Crippen MR) is 78.2 cm³/mol. The van der Waals surface area contributed by atoms with Crippen molar-refractivity contribution in [2.75, 3.05) is 38.8 Å². The fourth-order valence-corrected chi connectivity index (χ4v) is 2.02. The Labute approximate surface area is 121 Å². The van der Waals surface area contributed by atoms with E-state index in [4.69, 9.17) is 4.74 Å². The zero-order valence-corrected chi connectivity index (χ0v) is 12.7. The van der Waals surface area contributed by atoms with Crippen molar-refractivity contribution in [3.05, 3.63) is 28.2 Å². The molecule has 1 aromatic rings. The van der Waals surface area contributed by atoms with Crippen molar-refractivity contribution in [2.24, 2.45) is 0 Å². The summed E-state index contributed by atoms with van der Waals surface area (Å²) >= 11 is 3.39. The number of methoxy groups -OCH3 is 1. The highest BCUT2D eigenvalue weighted by molar-refractivity contribution is 9.10. The Morgan fingerprint density at radius 1 is 1.53 bits per heavy atom. The van der Waals surface area contributed by atoms with Gasteiger partial charge in [0.25, 0.3) is 0 Å². The number of benzene rings is 1. The Balaban J connectivity index is 2.64. The maximum atomic E-state index is 11.7. The van der Waals surface area contributed by atoms with Crippen LogP contribution in [0.25, 0.3) is 0 Å². The minimum absolute atomic E-state index is 0.0573. The molecular weight excluding hydrogens is 312 g/mol. The summed E-state index contributed by atoms with van der Waals surface area (Å²) in [6.07, 6.45) is 0. The molecule has 6 heteroatoms. The molecule has 0 aliphatic carbocycles. The topological polar surface area (TPSA) is 61.8 Å². The summed E-state index contributed by atoms with van der Waals surface area (Å²) in [6, 6.07) is 5.58. The highest BCUT2D eigenvalue weighted by Crippen LogP contribution is 2.24. The number of carbonyl (C=O) groups excluding carboxylic acids is 1. The average molecular weight is 331 g/mol. The second-order valence-electron chi connectivity index (χ2n) is 4.13. The summed E-state index contributed by atoms with van der Waals surface area (Å²) in [7, 11) is 3.41. The van der Waals surface area contributed by atoms with Crippen LogP contribution in [0.1, 0.15) is 5.56 Å². The lowest BCUT2D eigenvalue weighted by Crippen LogP contribution is -2.37. The van der Waals surface area contributed by atoms with Gasteiger partial charge in [-0.15, -0.1) is 0 Å². The van der Waals surface area contributed by atoms with E-state index in [1.165, 1.54) is 0 Å². The smallest absolute Gasteiger partial charge is 0.239 e. The van der Waals surface area contributed by atoms with Crippen LogP contribution in [0.3, 0.4) is 0 Å². The Morgan fingerprint density at radius 3 is 2.89 bits per heavy atom. The molecule has 0 aromatic heterocycles. The van der Waals surface area contributed by atoms with E-state index in [-0.39, 0.29) is 19.1 Å². The number of ether oxygens (including phenoxy) is 1. The molecular formula is C13H19BrN2O3. The van der Waals surface area contributed by atoms with Crippen molar-refractivity contribution in [3.8, 4) is 0 Å². The second-order valence-corrected chi connectivity index (χ2v) is 5.05. The molecule has 106 valence electrons. The highest BCUT2D eigenvalue weighted by Gasteiger charge is 2.11. The molecule has 0 saturated heterocycles. The van der Waals surface area contributed by atoms with E-state index in [1.807, 2.05) is 25.2 Å². The van der Waals surface area contributed by atoms with E-state index in [2.05, 4.69) is 21.2 Å². The van der Waals surface area contributed by atoms with Gasteiger partial charge < -0.3 is 20.1 Å². The van der Waals surface area contributed by atoms with Crippen molar-refractivity contribution in [1.29, 1.82) is 0 Å². The number of aliphatic hydroxyl groups excluding tert-OH is 1. The van der Waals surface area contributed by atoms with Gasteiger partial charge in [-0.2, -0.15) is 0 Å². The molecule has 0 heterocycles. The first-order chi connectivity index (χ1) is 9.08. The summed E-state index contributed by atoms with van der Waals surface area (Å²) in [6.45, 7) is 1.16. The van der Waals surface area contributed by atoms with E-state index >= 15 is 0 Å². The van der Waals surface area contributed by atoms with Crippen molar-refractivity contribution in [3.63, 3.8) is 0 Å². The number of hydrogen-bond acceptors (Lipinski definition) is 4. The van der Waals surface area contributed by atoms with Crippen molar-refractivity contribution >= 4 is 27.5 Å². The number of rotatable bonds is 7. The van der Waals surface area contributed by atoms with Crippen LogP contribution in [0.15, 0.2) is 22.7 Å². The lowest BCUT2D eigenvalue weighted by molar-refractivity contribution is -0.119. The summed E-state index contributed by atoms with van der Waals surface area (Å²) < 4.78 is 5.78. The summed E-state index contributed by atoms with van der Waals surface area (Å²) in [4.78, 5) is 13.5. The lowest BCUT2D eigenvalue weighted by Gasteiger charge is -2.21. The van der Waals surface area contributed by atoms with Crippen LogP contribution < -0.4 is 10.2 Å². The number of amides is 1. The van der Waals surface area contributed by atoms with E-state index in [0.717, 1.165) is 15.7 Å². The summed E-state index contributed by atoms with van der Waals surface area (Å²) in [5.74, 6) is -0.0802. The fraction of sp³-hybridized carbons (Fsp3) is 0.462. The largest absolute Gasteiger partial charge is 0.392 e. The first kappa shape index (κ1) is 15.9. The maximum absolute atomic E-state index is 11.7. The van der Waals surface area contributed by atoms with Gasteiger partial charge in [0.05, 0.1) is 19.8 Å². The zero-order valence-electron chi connectivity index (χ0n) is 11.1. The van der Waals surface area contributed by atoms with Gasteiger partial charge in [0.2, 0.25) is 5.91 Å². The van der Waals surface area contributed by atoms with Crippen LogP contribution >= 0.6 is 15.9 Å². The molecule has 0 spiro atoms. The number of aliphatic hydroxyl groups is 1. The van der Waals surface area contributed by atoms with Gasteiger partial charge in [0, 0.05) is 36.4 Å². The van der Waals surface area contributed by atoms with Gasteiger partial charge in [-0.05, 0) is 12.1 Å². The van der Waals surface area contributed by atoms with Gasteiger partial charge in [-0.1, -0.05) is 22.0 Å². The standard InChI is InChI=1S/C13H19BrN2O3/c1-16(8-13(18)15-5-6-19-2)12-7-11(14)4-3-10(12)9-17/h3-4,7,17H,5-6,8-9H2,1-2H3,(H,15,18). The SMILES string of the molecule is COCCNC(=O)CN(C)c1cc(Br)ccc1CO. The van der Waals surface area contributed by atoms with Crippen LogP contribution in [0.2, 0.25) is 0 Å². The van der Waals surface area contributed by atoms with Crippen molar-refractivity contribution < 1.29 is 14.6 Å². The predicted octanol–water partition coefficient (Wildman–Crippen LogP) is 1.14. The molecule has 0 fully saturated rings. The van der Waals surface area contributed by atoms with Crippen LogP contribution in [0, 0.1) is 0 Å². The Morgan fingerprint density at radius 2 is 2.26 bits per heavy atom. The Kier molecular flexibility index (Phi) is 6.83. The van der Waals surface area contributed by atoms with Crippen LogP contribution in [-0.4, -0.2) is 44.9 Å². The first-order valence-electron chi connectivity index (χ1n) is 5.94. The molecule has 1 aromatic carbocycles. The number of halogens is 1. The van der Waals surface area contributed by atoms with Crippen LogP contribution in [0.5, 0.6) is 0 Å². The van der Waals surface area contributed by atoms with Gasteiger partial charge in [0.1, 0.15) is 0 Å². The molecule has 0 aliphatic heterocycles. The minimum atomic E-state index is -0.0802. The molecule has 19 heavy (non-hydrogen) atoms. The third-order valence-corrected chi connectivity index (χ3v) is 3.13. The molecule has 0 radical (unpaired) electrons. The lowest BCUT2D eigenvalue weighted by atomic mass is 10.1. The van der Waals surface area contributed by atoms with Crippen LogP contribution in [0.4, 0.5) is 5.69 Å². The van der Waals surface area contributed by atoms with E-state index < -0.39 is 0 Å². The molecule has 1 amide bonds. The number of likely N-dealkylation sites (N-methyl/N-ethyl adjacent to an activating group) is 1. The first-order valence-corrected chi connectivity index (χ1v) is 6.73. The normalized spacial score (nSPS) is 10.3. The van der Waals surface area contributed by atoms with Crippen molar-refractivity contribution in [1.82, 2.24) is 5.32 Å². The molecule has 0 bridgehead atoms. The number of anilines is 1. The Bertz CT molecular complexity index is 426. The quantitative estimate of drug-likeness (QED) is 0.736. The monoisotopic (exact) mass is 330 g/mol. The van der Waals surface area contributed by atoms with E-state index in [0.29, 0.717) is 13.2 Å². The van der Waals surface area contributed by atoms with Crippen LogP contribution in [-0.2, 0) is 16.1 Å². The van der Waals surface area contributed by atoms with Gasteiger partial charge >= 0.3 is 0 Å². The van der Waals surface area contributed by atoms with Gasteiger partial charge in [-0.25, -0.2) is 0 Å². The van der Waals surface area contributed by atoms with Crippen molar-refractivity contribution in [2.45, 2.75) is 6.61 Å².